The summed E-state index contributed by atoms with van der Waals surface area (Å²) in [5, 5.41) is 8.52. The zero-order chi connectivity index (χ0) is 17.7. The minimum Gasteiger partial charge on any atom is -0.481 e. The van der Waals surface area contributed by atoms with Gasteiger partial charge in [0.05, 0.1) is 0 Å². The molecule has 0 aliphatic rings. The fourth-order valence-electron chi connectivity index (χ4n) is 2.08. The first kappa shape index (κ1) is 22.2. The summed E-state index contributed by atoms with van der Waals surface area (Å²) in [6, 6.07) is 0. The van der Waals surface area contributed by atoms with Gasteiger partial charge in [0.1, 0.15) is 0 Å². The Morgan fingerprint density at radius 1 is 0.667 bits per heavy atom. The molecule has 0 saturated carbocycles. The molecule has 0 aromatic rings. The minimum absolute atomic E-state index is 0.297. The third kappa shape index (κ3) is 20.2. The van der Waals surface area contributed by atoms with Gasteiger partial charge in [-0.15, -0.1) is 0 Å². The highest BCUT2D eigenvalue weighted by molar-refractivity contribution is 5.66. The van der Waals surface area contributed by atoms with Crippen molar-refractivity contribution in [2.75, 3.05) is 0 Å². The molecule has 0 atom stereocenters. The Morgan fingerprint density at radius 2 is 1.12 bits per heavy atom. The average molecular weight is 331 g/mol. The molecule has 0 amide bonds. The van der Waals surface area contributed by atoms with Crippen LogP contribution < -0.4 is 0 Å². The SMILES string of the molecule is CC/C=C/C/C=C/C/C=C/C/C=C/C/C=C\CCCCCC(=O)O. The minimum atomic E-state index is -0.690. The predicted octanol–water partition coefficient (Wildman–Crippen LogP) is 6.77. The molecule has 1 N–H and O–H groups in total. The topological polar surface area (TPSA) is 37.3 Å². The first-order valence-corrected chi connectivity index (χ1v) is 9.24. The number of hydrogen-bond donors (Lipinski definition) is 1. The summed E-state index contributed by atoms with van der Waals surface area (Å²) in [5.41, 5.74) is 0. The molecule has 0 radical (unpaired) electrons. The van der Waals surface area contributed by atoms with Crippen molar-refractivity contribution in [3.63, 3.8) is 0 Å². The van der Waals surface area contributed by atoms with Gasteiger partial charge in [0.2, 0.25) is 0 Å². The molecule has 0 aliphatic carbocycles. The van der Waals surface area contributed by atoms with Crippen LogP contribution in [0.25, 0.3) is 0 Å². The Labute approximate surface area is 148 Å². The first-order valence-electron chi connectivity index (χ1n) is 9.24. The van der Waals surface area contributed by atoms with Crippen LogP contribution in [0.3, 0.4) is 0 Å². The van der Waals surface area contributed by atoms with Crippen molar-refractivity contribution in [2.24, 2.45) is 0 Å². The van der Waals surface area contributed by atoms with Crippen molar-refractivity contribution in [3.05, 3.63) is 60.8 Å². The van der Waals surface area contributed by atoms with Crippen LogP contribution in [0, 0.1) is 0 Å². The van der Waals surface area contributed by atoms with Crippen LogP contribution in [0.2, 0.25) is 0 Å². The van der Waals surface area contributed by atoms with Gasteiger partial charge in [-0.05, 0) is 51.4 Å². The second kappa shape index (κ2) is 19.2. The molecule has 0 unspecified atom stereocenters. The third-order valence-corrected chi connectivity index (χ3v) is 3.42. The van der Waals surface area contributed by atoms with Crippen molar-refractivity contribution < 1.29 is 9.90 Å². The Hall–Kier alpha value is -1.83. The monoisotopic (exact) mass is 330 g/mol. The molecular formula is C22H34O2. The predicted molar refractivity (Wildman–Crippen MR) is 105 cm³/mol. The third-order valence-electron chi connectivity index (χ3n) is 3.42. The van der Waals surface area contributed by atoms with E-state index in [-0.39, 0.29) is 0 Å². The summed E-state index contributed by atoms with van der Waals surface area (Å²) < 4.78 is 0. The van der Waals surface area contributed by atoms with E-state index in [1.807, 2.05) is 0 Å². The van der Waals surface area contributed by atoms with E-state index >= 15 is 0 Å². The molecule has 0 aliphatic heterocycles. The Morgan fingerprint density at radius 3 is 1.58 bits per heavy atom. The summed E-state index contributed by atoms with van der Waals surface area (Å²) in [5.74, 6) is -0.690. The smallest absolute Gasteiger partial charge is 0.303 e. The number of aliphatic carboxylic acids is 1. The summed E-state index contributed by atoms with van der Waals surface area (Å²) in [4.78, 5) is 10.3. The van der Waals surface area contributed by atoms with E-state index in [1.165, 1.54) is 0 Å². The molecule has 0 heterocycles. The van der Waals surface area contributed by atoms with Crippen LogP contribution in [0.1, 0.15) is 71.1 Å². The van der Waals surface area contributed by atoms with Crippen LogP contribution in [0.4, 0.5) is 0 Å². The van der Waals surface area contributed by atoms with Crippen LogP contribution in [0.15, 0.2) is 60.8 Å². The van der Waals surface area contributed by atoms with Crippen molar-refractivity contribution in [3.8, 4) is 0 Å². The summed E-state index contributed by atoms with van der Waals surface area (Å²) in [7, 11) is 0. The highest BCUT2D eigenvalue weighted by atomic mass is 16.4. The van der Waals surface area contributed by atoms with Gasteiger partial charge in [0.25, 0.3) is 0 Å². The zero-order valence-electron chi connectivity index (χ0n) is 15.2. The number of carboxylic acid groups (broad SMARTS) is 1. The highest BCUT2D eigenvalue weighted by Crippen LogP contribution is 2.04. The largest absolute Gasteiger partial charge is 0.481 e. The van der Waals surface area contributed by atoms with Gasteiger partial charge in [-0.3, -0.25) is 4.79 Å². The van der Waals surface area contributed by atoms with E-state index in [4.69, 9.17) is 5.11 Å². The van der Waals surface area contributed by atoms with Crippen LogP contribution in [0.5, 0.6) is 0 Å². The van der Waals surface area contributed by atoms with Gasteiger partial charge in [-0.2, -0.15) is 0 Å². The number of rotatable bonds is 15. The lowest BCUT2D eigenvalue weighted by Gasteiger charge is -1.94. The van der Waals surface area contributed by atoms with Crippen molar-refractivity contribution >= 4 is 5.97 Å². The Balaban J connectivity index is 3.42. The number of unbranched alkanes of at least 4 members (excludes halogenated alkanes) is 3. The van der Waals surface area contributed by atoms with Crippen LogP contribution >= 0.6 is 0 Å². The lowest BCUT2D eigenvalue weighted by Crippen LogP contribution is -1.93. The van der Waals surface area contributed by atoms with E-state index in [2.05, 4.69) is 67.7 Å². The van der Waals surface area contributed by atoms with Gasteiger partial charge >= 0.3 is 5.97 Å². The molecule has 0 aromatic heterocycles. The van der Waals surface area contributed by atoms with Crippen molar-refractivity contribution in [1.29, 1.82) is 0 Å². The molecule has 0 rings (SSSR count). The van der Waals surface area contributed by atoms with E-state index in [1.54, 1.807) is 0 Å². The summed E-state index contributed by atoms with van der Waals surface area (Å²) in [6.45, 7) is 2.15. The van der Waals surface area contributed by atoms with E-state index in [0.717, 1.165) is 57.8 Å². The fourth-order valence-corrected chi connectivity index (χ4v) is 2.08. The number of allylic oxidation sites excluding steroid dienone is 10. The number of hydrogen-bond acceptors (Lipinski definition) is 1. The second-order valence-electron chi connectivity index (χ2n) is 5.70. The van der Waals surface area contributed by atoms with Gasteiger partial charge in [-0.1, -0.05) is 74.1 Å². The second-order valence-corrected chi connectivity index (χ2v) is 5.70. The standard InChI is InChI=1S/C22H34O2/c1-2-3-4-5-6-7-8-9-10-11-12-13-14-15-16-17-18-19-20-21-22(23)24/h3-4,6-7,9-10,12-13,15-16H,2,5,8,11,14,17-21H2,1H3,(H,23,24)/b4-3+,7-6+,10-9+,13-12+,16-15-. The van der Waals surface area contributed by atoms with Crippen molar-refractivity contribution in [2.45, 2.75) is 71.1 Å². The zero-order valence-corrected chi connectivity index (χ0v) is 15.2. The molecule has 2 heteroatoms. The quantitative estimate of drug-likeness (QED) is 0.265. The molecule has 24 heavy (non-hydrogen) atoms. The van der Waals surface area contributed by atoms with Crippen molar-refractivity contribution in [1.82, 2.24) is 0 Å². The molecular weight excluding hydrogens is 296 g/mol. The lowest BCUT2D eigenvalue weighted by molar-refractivity contribution is -0.137. The number of carbonyl (C=O) groups is 1. The summed E-state index contributed by atoms with van der Waals surface area (Å²) in [6.07, 6.45) is 31.3. The molecule has 0 bridgehead atoms. The fraction of sp³-hybridized carbons (Fsp3) is 0.500. The van der Waals surface area contributed by atoms with Gasteiger partial charge in [0, 0.05) is 6.42 Å². The number of carboxylic acids is 1. The molecule has 0 aromatic carbocycles. The van der Waals surface area contributed by atoms with E-state index in [9.17, 15) is 4.79 Å². The summed E-state index contributed by atoms with van der Waals surface area (Å²) >= 11 is 0. The van der Waals surface area contributed by atoms with Gasteiger partial charge in [0.15, 0.2) is 0 Å². The normalized spacial score (nSPS) is 12.7. The van der Waals surface area contributed by atoms with Gasteiger partial charge in [-0.25, -0.2) is 0 Å². The maximum absolute atomic E-state index is 10.3. The molecule has 134 valence electrons. The van der Waals surface area contributed by atoms with Crippen LogP contribution in [-0.4, -0.2) is 11.1 Å². The van der Waals surface area contributed by atoms with E-state index in [0.29, 0.717) is 6.42 Å². The Kier molecular flexibility index (Phi) is 17.8. The van der Waals surface area contributed by atoms with Gasteiger partial charge < -0.3 is 5.11 Å². The molecule has 2 nitrogen and oxygen atoms in total. The first-order chi connectivity index (χ1) is 11.8. The highest BCUT2D eigenvalue weighted by Gasteiger charge is 1.94. The molecule has 0 fully saturated rings. The maximum Gasteiger partial charge on any atom is 0.303 e. The van der Waals surface area contributed by atoms with Crippen LogP contribution in [-0.2, 0) is 4.79 Å². The molecule has 0 spiro atoms. The lowest BCUT2D eigenvalue weighted by atomic mass is 10.1. The average Bonchev–Trinajstić information content (AvgIpc) is 2.56. The maximum atomic E-state index is 10.3. The van der Waals surface area contributed by atoms with E-state index < -0.39 is 5.97 Å². The Bertz CT molecular complexity index is 425. The molecule has 0 saturated heterocycles.